The predicted octanol–water partition coefficient (Wildman–Crippen LogP) is 2.91. The summed E-state index contributed by atoms with van der Waals surface area (Å²) in [5.74, 6) is 0. The van der Waals surface area contributed by atoms with E-state index in [1.807, 2.05) is 0 Å². The van der Waals surface area contributed by atoms with Gasteiger partial charge in [0.15, 0.2) is 0 Å². The Labute approximate surface area is 87.9 Å². The van der Waals surface area contributed by atoms with Gasteiger partial charge in [0.1, 0.15) is 0 Å². The van der Waals surface area contributed by atoms with Gasteiger partial charge >= 0.3 is 0 Å². The normalized spacial score (nSPS) is 10.4. The van der Waals surface area contributed by atoms with Crippen LogP contribution in [0.15, 0.2) is 34.9 Å². The molecular formula is C9H5BrN2O2. The first kappa shape index (κ1) is 9.08. The molecule has 0 aliphatic carbocycles. The molecule has 0 aliphatic heterocycles. The van der Waals surface area contributed by atoms with E-state index in [0.29, 0.717) is 15.4 Å². The number of hydrogen-bond acceptors (Lipinski definition) is 3. The Morgan fingerprint density at radius 2 is 2.14 bits per heavy atom. The van der Waals surface area contributed by atoms with Gasteiger partial charge in [0, 0.05) is 16.7 Å². The average molecular weight is 253 g/mol. The number of halogens is 1. The number of rotatable bonds is 1. The lowest BCUT2D eigenvalue weighted by Crippen LogP contribution is -1.90. The van der Waals surface area contributed by atoms with Crippen LogP contribution in [0.25, 0.3) is 10.9 Å². The zero-order chi connectivity index (χ0) is 10.1. The van der Waals surface area contributed by atoms with E-state index in [-0.39, 0.29) is 5.69 Å². The second-order valence-electron chi connectivity index (χ2n) is 2.72. The predicted molar refractivity (Wildman–Crippen MR) is 56.1 cm³/mol. The first-order valence-corrected chi connectivity index (χ1v) is 4.67. The molecule has 0 N–H and O–H groups in total. The molecule has 1 aromatic carbocycles. The Morgan fingerprint density at radius 3 is 2.86 bits per heavy atom. The van der Waals surface area contributed by atoms with Crippen molar-refractivity contribution in [3.63, 3.8) is 0 Å². The molecule has 0 amide bonds. The number of nitrogens with zero attached hydrogens (tertiary/aromatic N) is 2. The highest BCUT2D eigenvalue weighted by Gasteiger charge is 2.13. The maximum Gasteiger partial charge on any atom is 0.279 e. The van der Waals surface area contributed by atoms with Gasteiger partial charge in [-0.05, 0) is 28.1 Å². The van der Waals surface area contributed by atoms with E-state index in [1.54, 1.807) is 24.4 Å². The van der Waals surface area contributed by atoms with Crippen LogP contribution in [0.4, 0.5) is 5.69 Å². The van der Waals surface area contributed by atoms with Gasteiger partial charge in [-0.2, -0.15) is 0 Å². The lowest BCUT2D eigenvalue weighted by atomic mass is 10.2. The molecule has 1 aromatic heterocycles. The molecule has 5 heteroatoms. The molecule has 14 heavy (non-hydrogen) atoms. The van der Waals surface area contributed by atoms with Crippen molar-refractivity contribution in [3.8, 4) is 0 Å². The third-order valence-corrected chi connectivity index (χ3v) is 2.55. The molecule has 1 heterocycles. The molecule has 2 aromatic rings. The van der Waals surface area contributed by atoms with Crippen molar-refractivity contribution in [3.05, 3.63) is 45.0 Å². The van der Waals surface area contributed by atoms with Crippen LogP contribution in [0.2, 0.25) is 0 Å². The number of nitro benzene ring substituents is 1. The third-order valence-electron chi connectivity index (χ3n) is 1.89. The number of non-ortho nitro benzene ring substituents is 1. The van der Waals surface area contributed by atoms with Crippen LogP contribution >= 0.6 is 15.9 Å². The maximum atomic E-state index is 10.7. The summed E-state index contributed by atoms with van der Waals surface area (Å²) < 4.78 is 0.690. The van der Waals surface area contributed by atoms with Gasteiger partial charge in [-0.3, -0.25) is 15.1 Å². The van der Waals surface area contributed by atoms with E-state index < -0.39 is 4.92 Å². The highest BCUT2D eigenvalue weighted by Crippen LogP contribution is 2.30. The van der Waals surface area contributed by atoms with Crippen LogP contribution in [-0.2, 0) is 0 Å². The van der Waals surface area contributed by atoms with Crippen LogP contribution in [-0.4, -0.2) is 9.91 Å². The summed E-state index contributed by atoms with van der Waals surface area (Å²) in [4.78, 5) is 14.4. The van der Waals surface area contributed by atoms with Crippen molar-refractivity contribution in [2.75, 3.05) is 0 Å². The SMILES string of the molecule is O=[N+]([O-])c1cccc2nccc(Br)c12. The van der Waals surface area contributed by atoms with E-state index in [0.717, 1.165) is 0 Å². The topological polar surface area (TPSA) is 56.0 Å². The van der Waals surface area contributed by atoms with Gasteiger partial charge in [0.05, 0.1) is 15.8 Å². The molecule has 0 saturated heterocycles. The van der Waals surface area contributed by atoms with Gasteiger partial charge < -0.3 is 0 Å². The molecule has 0 saturated carbocycles. The summed E-state index contributed by atoms with van der Waals surface area (Å²) in [5.41, 5.74) is 0.691. The van der Waals surface area contributed by atoms with E-state index in [1.165, 1.54) is 6.07 Å². The van der Waals surface area contributed by atoms with E-state index in [4.69, 9.17) is 0 Å². The van der Waals surface area contributed by atoms with Crippen molar-refractivity contribution in [1.82, 2.24) is 4.98 Å². The monoisotopic (exact) mass is 252 g/mol. The molecule has 0 spiro atoms. The first-order valence-electron chi connectivity index (χ1n) is 3.88. The summed E-state index contributed by atoms with van der Waals surface area (Å²) in [6, 6.07) is 6.52. The Bertz CT molecular complexity index is 508. The molecule has 0 bridgehead atoms. The van der Waals surface area contributed by atoms with E-state index >= 15 is 0 Å². The van der Waals surface area contributed by atoms with E-state index in [9.17, 15) is 10.1 Å². The zero-order valence-electron chi connectivity index (χ0n) is 6.98. The summed E-state index contributed by atoms with van der Waals surface area (Å²) in [6.07, 6.45) is 1.61. The fourth-order valence-electron chi connectivity index (χ4n) is 1.30. The molecule has 0 fully saturated rings. The van der Waals surface area contributed by atoms with Crippen LogP contribution in [0, 0.1) is 10.1 Å². The Hall–Kier alpha value is -1.49. The van der Waals surface area contributed by atoms with Crippen molar-refractivity contribution in [2.45, 2.75) is 0 Å². The summed E-state index contributed by atoms with van der Waals surface area (Å²) in [5, 5.41) is 11.3. The van der Waals surface area contributed by atoms with Crippen molar-refractivity contribution >= 4 is 32.5 Å². The zero-order valence-corrected chi connectivity index (χ0v) is 8.56. The van der Waals surface area contributed by atoms with Crippen LogP contribution < -0.4 is 0 Å². The minimum atomic E-state index is -0.408. The molecule has 70 valence electrons. The van der Waals surface area contributed by atoms with Crippen LogP contribution in [0.3, 0.4) is 0 Å². The van der Waals surface area contributed by atoms with Gasteiger partial charge in [-0.1, -0.05) is 6.07 Å². The molecule has 0 unspecified atom stereocenters. The van der Waals surface area contributed by atoms with E-state index in [2.05, 4.69) is 20.9 Å². The molecular weight excluding hydrogens is 248 g/mol. The lowest BCUT2D eigenvalue weighted by Gasteiger charge is -1.99. The highest BCUT2D eigenvalue weighted by atomic mass is 79.9. The largest absolute Gasteiger partial charge is 0.279 e. The average Bonchev–Trinajstić information content (AvgIpc) is 2.17. The number of benzene rings is 1. The second-order valence-corrected chi connectivity index (χ2v) is 3.58. The van der Waals surface area contributed by atoms with Crippen molar-refractivity contribution < 1.29 is 4.92 Å². The standard InChI is InChI=1S/C9H5BrN2O2/c10-6-4-5-11-7-2-1-3-8(9(6)7)12(13)14/h1-5H. The quantitative estimate of drug-likeness (QED) is 0.579. The van der Waals surface area contributed by atoms with Crippen molar-refractivity contribution in [2.24, 2.45) is 0 Å². The Balaban J connectivity index is 2.91. The summed E-state index contributed by atoms with van der Waals surface area (Å²) in [6.45, 7) is 0. The Morgan fingerprint density at radius 1 is 1.36 bits per heavy atom. The first-order chi connectivity index (χ1) is 6.70. The minimum Gasteiger partial charge on any atom is -0.258 e. The number of aromatic nitrogens is 1. The minimum absolute atomic E-state index is 0.0717. The maximum absolute atomic E-state index is 10.7. The Kier molecular flexibility index (Phi) is 2.17. The number of fused-ring (bicyclic) bond motifs is 1. The van der Waals surface area contributed by atoms with Crippen LogP contribution in [0.1, 0.15) is 0 Å². The lowest BCUT2D eigenvalue weighted by molar-refractivity contribution is -0.383. The number of nitro groups is 1. The molecule has 0 atom stereocenters. The smallest absolute Gasteiger partial charge is 0.258 e. The molecule has 0 aliphatic rings. The number of hydrogen-bond donors (Lipinski definition) is 0. The fraction of sp³-hybridized carbons (Fsp3) is 0. The van der Waals surface area contributed by atoms with Gasteiger partial charge in [0.2, 0.25) is 0 Å². The van der Waals surface area contributed by atoms with Gasteiger partial charge in [-0.15, -0.1) is 0 Å². The summed E-state index contributed by atoms with van der Waals surface area (Å²) in [7, 11) is 0. The molecule has 2 rings (SSSR count). The summed E-state index contributed by atoms with van der Waals surface area (Å²) >= 11 is 3.27. The third kappa shape index (κ3) is 1.35. The molecule has 0 radical (unpaired) electrons. The highest BCUT2D eigenvalue weighted by molar-refractivity contribution is 9.10. The van der Waals surface area contributed by atoms with Crippen LogP contribution in [0.5, 0.6) is 0 Å². The fourth-order valence-corrected chi connectivity index (χ4v) is 1.82. The molecule has 4 nitrogen and oxygen atoms in total. The van der Waals surface area contributed by atoms with Gasteiger partial charge in [0.25, 0.3) is 5.69 Å². The van der Waals surface area contributed by atoms with Crippen molar-refractivity contribution in [1.29, 1.82) is 0 Å². The second kappa shape index (κ2) is 3.34. The number of pyridine rings is 1. The van der Waals surface area contributed by atoms with Gasteiger partial charge in [-0.25, -0.2) is 0 Å².